The fraction of sp³-hybridized carbons (Fsp3) is 1.00. The van der Waals surface area contributed by atoms with Crippen molar-refractivity contribution in [3.8, 4) is 0 Å². The zero-order valence-corrected chi connectivity index (χ0v) is 7.63. The van der Waals surface area contributed by atoms with Crippen LogP contribution in [0.4, 0.5) is 0 Å². The van der Waals surface area contributed by atoms with E-state index in [0.717, 1.165) is 13.0 Å². The van der Waals surface area contributed by atoms with E-state index in [2.05, 4.69) is 0 Å². The highest BCUT2D eigenvalue weighted by atomic mass is 16.7. The van der Waals surface area contributed by atoms with Crippen LogP contribution in [0.2, 0.25) is 0 Å². The lowest BCUT2D eigenvalue weighted by Crippen LogP contribution is -2.23. The normalized spacial score (nSPS) is 32.5. The van der Waals surface area contributed by atoms with E-state index in [9.17, 15) is 0 Å². The molecule has 1 aliphatic carbocycles. The summed E-state index contributed by atoms with van der Waals surface area (Å²) in [5, 5.41) is 0. The molecule has 0 amide bonds. The molecule has 2 nitrogen and oxygen atoms in total. The molecule has 1 saturated carbocycles. The third-order valence-corrected chi connectivity index (χ3v) is 2.78. The van der Waals surface area contributed by atoms with Crippen LogP contribution in [0, 0.1) is 0 Å². The molecular weight excluding hydrogens is 152 g/mol. The largest absolute Gasteiger partial charge is 0.353 e. The fourth-order valence-electron chi connectivity index (χ4n) is 2.07. The van der Waals surface area contributed by atoms with Crippen LogP contribution in [-0.2, 0) is 9.47 Å². The van der Waals surface area contributed by atoms with Crippen molar-refractivity contribution in [1.82, 2.24) is 0 Å². The topological polar surface area (TPSA) is 18.5 Å². The zero-order valence-electron chi connectivity index (χ0n) is 7.63. The smallest absolute Gasteiger partial charge is 0.158 e. The van der Waals surface area contributed by atoms with Crippen LogP contribution in [0.25, 0.3) is 0 Å². The summed E-state index contributed by atoms with van der Waals surface area (Å²) in [5.41, 5.74) is 0. The van der Waals surface area contributed by atoms with Gasteiger partial charge in [0.25, 0.3) is 0 Å². The second kappa shape index (κ2) is 4.24. The molecule has 0 N–H and O–H groups in total. The molecule has 1 aliphatic heterocycles. The molecule has 0 bridgehead atoms. The Kier molecular flexibility index (Phi) is 3.01. The van der Waals surface area contributed by atoms with Gasteiger partial charge < -0.3 is 9.47 Å². The van der Waals surface area contributed by atoms with Gasteiger partial charge in [0.15, 0.2) is 6.29 Å². The van der Waals surface area contributed by atoms with Crippen molar-refractivity contribution in [3.63, 3.8) is 0 Å². The van der Waals surface area contributed by atoms with E-state index in [-0.39, 0.29) is 6.29 Å². The average Bonchev–Trinajstić information content (AvgIpc) is 2.59. The molecule has 1 saturated heterocycles. The minimum absolute atomic E-state index is 0.132. The van der Waals surface area contributed by atoms with Crippen molar-refractivity contribution in [1.29, 1.82) is 0 Å². The Morgan fingerprint density at radius 1 is 0.917 bits per heavy atom. The van der Waals surface area contributed by atoms with Crippen LogP contribution in [0.5, 0.6) is 0 Å². The molecule has 1 unspecified atom stereocenters. The summed E-state index contributed by atoms with van der Waals surface area (Å²) in [5.74, 6) is 0. The van der Waals surface area contributed by atoms with Gasteiger partial charge in [-0.15, -0.1) is 0 Å². The first-order valence-electron chi connectivity index (χ1n) is 5.22. The molecule has 12 heavy (non-hydrogen) atoms. The van der Waals surface area contributed by atoms with Crippen LogP contribution in [0.15, 0.2) is 0 Å². The first-order valence-corrected chi connectivity index (χ1v) is 5.22. The highest BCUT2D eigenvalue weighted by Crippen LogP contribution is 2.24. The standard InChI is InChI=1S/C10H18O2/c1-2-5-9(6-3-1)12-10-7-4-8-11-10/h9-10H,1-8H2. The van der Waals surface area contributed by atoms with Crippen molar-refractivity contribution < 1.29 is 9.47 Å². The maximum Gasteiger partial charge on any atom is 0.158 e. The van der Waals surface area contributed by atoms with Crippen LogP contribution in [0.3, 0.4) is 0 Å². The Morgan fingerprint density at radius 3 is 2.42 bits per heavy atom. The Labute approximate surface area is 74.2 Å². The molecule has 2 aliphatic rings. The van der Waals surface area contributed by atoms with E-state index in [1.54, 1.807) is 0 Å². The van der Waals surface area contributed by atoms with E-state index in [1.807, 2.05) is 0 Å². The predicted octanol–water partition coefficient (Wildman–Crippen LogP) is 2.47. The number of hydrogen-bond acceptors (Lipinski definition) is 2. The Bertz CT molecular complexity index is 124. The molecule has 0 aromatic heterocycles. The van der Waals surface area contributed by atoms with Crippen molar-refractivity contribution >= 4 is 0 Å². The highest BCUT2D eigenvalue weighted by molar-refractivity contribution is 4.67. The van der Waals surface area contributed by atoms with Crippen LogP contribution < -0.4 is 0 Å². The molecular formula is C10H18O2. The molecule has 1 atom stereocenters. The molecule has 2 heteroatoms. The summed E-state index contributed by atoms with van der Waals surface area (Å²) >= 11 is 0. The molecule has 2 rings (SSSR count). The number of rotatable bonds is 2. The van der Waals surface area contributed by atoms with Gasteiger partial charge in [0.1, 0.15) is 0 Å². The van der Waals surface area contributed by atoms with Gasteiger partial charge in [0, 0.05) is 13.0 Å². The summed E-state index contributed by atoms with van der Waals surface area (Å²) in [6, 6.07) is 0. The lowest BCUT2D eigenvalue weighted by molar-refractivity contribution is -0.150. The molecule has 0 radical (unpaired) electrons. The quantitative estimate of drug-likeness (QED) is 0.634. The van der Waals surface area contributed by atoms with Crippen molar-refractivity contribution in [2.24, 2.45) is 0 Å². The van der Waals surface area contributed by atoms with Crippen LogP contribution in [-0.4, -0.2) is 19.0 Å². The second-order valence-corrected chi connectivity index (χ2v) is 3.84. The van der Waals surface area contributed by atoms with Gasteiger partial charge in [-0.05, 0) is 19.3 Å². The van der Waals surface area contributed by atoms with E-state index >= 15 is 0 Å². The molecule has 0 aromatic carbocycles. The zero-order chi connectivity index (χ0) is 8.23. The third kappa shape index (κ3) is 2.20. The Balaban J connectivity index is 1.69. The molecule has 2 fully saturated rings. The van der Waals surface area contributed by atoms with E-state index in [0.29, 0.717) is 6.10 Å². The van der Waals surface area contributed by atoms with Gasteiger partial charge in [0.2, 0.25) is 0 Å². The molecule has 1 heterocycles. The van der Waals surface area contributed by atoms with Gasteiger partial charge in [-0.2, -0.15) is 0 Å². The summed E-state index contributed by atoms with van der Waals surface area (Å²) in [7, 11) is 0. The van der Waals surface area contributed by atoms with E-state index < -0.39 is 0 Å². The fourth-order valence-corrected chi connectivity index (χ4v) is 2.07. The van der Waals surface area contributed by atoms with Crippen LogP contribution in [0.1, 0.15) is 44.9 Å². The summed E-state index contributed by atoms with van der Waals surface area (Å²) in [4.78, 5) is 0. The second-order valence-electron chi connectivity index (χ2n) is 3.84. The van der Waals surface area contributed by atoms with Gasteiger partial charge in [-0.3, -0.25) is 0 Å². The first kappa shape index (κ1) is 8.52. The number of ether oxygens (including phenoxy) is 2. The van der Waals surface area contributed by atoms with Crippen molar-refractivity contribution in [3.05, 3.63) is 0 Å². The monoisotopic (exact) mass is 170 g/mol. The van der Waals surface area contributed by atoms with Gasteiger partial charge in [-0.25, -0.2) is 0 Å². The van der Waals surface area contributed by atoms with E-state index in [4.69, 9.17) is 9.47 Å². The van der Waals surface area contributed by atoms with Crippen molar-refractivity contribution in [2.75, 3.05) is 6.61 Å². The van der Waals surface area contributed by atoms with Gasteiger partial charge in [-0.1, -0.05) is 19.3 Å². The minimum atomic E-state index is 0.132. The third-order valence-electron chi connectivity index (χ3n) is 2.78. The first-order chi connectivity index (χ1) is 5.95. The summed E-state index contributed by atoms with van der Waals surface area (Å²) in [6.07, 6.45) is 9.50. The molecule has 0 aromatic rings. The van der Waals surface area contributed by atoms with Gasteiger partial charge >= 0.3 is 0 Å². The lowest BCUT2D eigenvalue weighted by Gasteiger charge is -2.24. The maximum absolute atomic E-state index is 5.83. The van der Waals surface area contributed by atoms with Crippen LogP contribution >= 0.6 is 0 Å². The SMILES string of the molecule is C1CCC(OC2CCCO2)CC1. The van der Waals surface area contributed by atoms with Gasteiger partial charge in [0.05, 0.1) is 6.10 Å². The minimum Gasteiger partial charge on any atom is -0.353 e. The molecule has 0 spiro atoms. The van der Waals surface area contributed by atoms with E-state index in [1.165, 1.54) is 38.5 Å². The van der Waals surface area contributed by atoms with Crippen molar-refractivity contribution in [2.45, 2.75) is 57.3 Å². The Hall–Kier alpha value is -0.0800. The number of hydrogen-bond donors (Lipinski definition) is 0. The predicted molar refractivity (Wildman–Crippen MR) is 46.9 cm³/mol. The highest BCUT2D eigenvalue weighted by Gasteiger charge is 2.22. The Morgan fingerprint density at radius 2 is 1.75 bits per heavy atom. The lowest BCUT2D eigenvalue weighted by atomic mass is 9.98. The summed E-state index contributed by atoms with van der Waals surface area (Å²) in [6.45, 7) is 0.900. The average molecular weight is 170 g/mol. The maximum atomic E-state index is 5.83. The molecule has 70 valence electrons. The summed E-state index contributed by atoms with van der Waals surface area (Å²) < 4.78 is 11.3.